The van der Waals surface area contributed by atoms with Crippen LogP contribution in [0.3, 0.4) is 0 Å². The minimum atomic E-state index is -3.63. The van der Waals surface area contributed by atoms with Gasteiger partial charge in [0, 0.05) is 0 Å². The van der Waals surface area contributed by atoms with Gasteiger partial charge in [0.15, 0.2) is 9.84 Å². The Bertz CT molecular complexity index is 765. The Morgan fingerprint density at radius 2 is 1.95 bits per heavy atom. The van der Waals surface area contributed by atoms with Gasteiger partial charge in [0.05, 0.1) is 25.8 Å². The second-order valence-corrected chi connectivity index (χ2v) is 7.35. The molecule has 0 aliphatic rings. The van der Waals surface area contributed by atoms with Gasteiger partial charge in [-0.05, 0) is 45.8 Å². The molecule has 0 amide bonds. The van der Waals surface area contributed by atoms with E-state index in [0.717, 1.165) is 0 Å². The highest BCUT2D eigenvalue weighted by Crippen LogP contribution is 2.27. The molecule has 0 aliphatic carbocycles. The number of hydrogen-bond donors (Lipinski definition) is 1. The van der Waals surface area contributed by atoms with Crippen LogP contribution >= 0.6 is 27.5 Å². The molecule has 0 aromatic heterocycles. The van der Waals surface area contributed by atoms with Crippen molar-refractivity contribution in [2.24, 2.45) is 0 Å². The molecular formula is C13H10BrClFNO2S. The molecule has 2 rings (SSSR count). The van der Waals surface area contributed by atoms with Gasteiger partial charge in [-0.1, -0.05) is 23.7 Å². The van der Waals surface area contributed by atoms with Crippen LogP contribution in [0, 0.1) is 5.82 Å². The van der Waals surface area contributed by atoms with Crippen LogP contribution in [0.1, 0.15) is 5.56 Å². The third-order valence-electron chi connectivity index (χ3n) is 2.71. The van der Waals surface area contributed by atoms with Crippen LogP contribution in [0.4, 0.5) is 10.1 Å². The summed E-state index contributed by atoms with van der Waals surface area (Å²) >= 11 is 8.87. The molecule has 2 aromatic carbocycles. The largest absolute Gasteiger partial charge is 0.398 e. The van der Waals surface area contributed by atoms with Gasteiger partial charge in [0.2, 0.25) is 0 Å². The first-order valence-electron chi connectivity index (χ1n) is 5.52. The van der Waals surface area contributed by atoms with E-state index in [1.165, 1.54) is 30.3 Å². The summed E-state index contributed by atoms with van der Waals surface area (Å²) in [4.78, 5) is 0.0489. The van der Waals surface area contributed by atoms with E-state index in [9.17, 15) is 12.8 Å². The van der Waals surface area contributed by atoms with Crippen molar-refractivity contribution in [1.29, 1.82) is 0 Å². The normalized spacial score (nSPS) is 11.6. The van der Waals surface area contributed by atoms with E-state index < -0.39 is 15.7 Å². The smallest absolute Gasteiger partial charge is 0.182 e. The number of halogens is 3. The number of hydrogen-bond acceptors (Lipinski definition) is 3. The zero-order chi connectivity index (χ0) is 14.9. The molecule has 0 atom stereocenters. The number of benzene rings is 2. The van der Waals surface area contributed by atoms with E-state index in [1.807, 2.05) is 0 Å². The molecule has 0 aliphatic heterocycles. The van der Waals surface area contributed by atoms with Gasteiger partial charge in [-0.2, -0.15) is 0 Å². The van der Waals surface area contributed by atoms with Crippen molar-refractivity contribution in [2.45, 2.75) is 10.6 Å². The quantitative estimate of drug-likeness (QED) is 0.827. The first-order chi connectivity index (χ1) is 9.31. The molecule has 0 saturated heterocycles. The highest BCUT2D eigenvalue weighted by Gasteiger charge is 2.19. The van der Waals surface area contributed by atoms with E-state index >= 15 is 0 Å². The fraction of sp³-hybridized carbons (Fsp3) is 0.0769. The van der Waals surface area contributed by atoms with E-state index in [2.05, 4.69) is 15.9 Å². The molecule has 106 valence electrons. The minimum absolute atomic E-state index is 0.0489. The van der Waals surface area contributed by atoms with E-state index in [0.29, 0.717) is 11.3 Å². The Balaban J connectivity index is 2.41. The first kappa shape index (κ1) is 15.3. The Kier molecular flexibility index (Phi) is 4.36. The van der Waals surface area contributed by atoms with Gasteiger partial charge < -0.3 is 5.73 Å². The van der Waals surface area contributed by atoms with Gasteiger partial charge in [-0.15, -0.1) is 0 Å². The van der Waals surface area contributed by atoms with Crippen molar-refractivity contribution in [3.8, 4) is 0 Å². The average molecular weight is 379 g/mol. The van der Waals surface area contributed by atoms with Crippen LogP contribution in [0.5, 0.6) is 0 Å². The van der Waals surface area contributed by atoms with Gasteiger partial charge in [0.1, 0.15) is 5.82 Å². The number of nitrogens with two attached hydrogens (primary N) is 1. The van der Waals surface area contributed by atoms with Crippen LogP contribution in [-0.2, 0) is 15.6 Å². The maximum atomic E-state index is 13.4. The molecule has 20 heavy (non-hydrogen) atoms. The van der Waals surface area contributed by atoms with Crippen molar-refractivity contribution < 1.29 is 12.8 Å². The summed E-state index contributed by atoms with van der Waals surface area (Å²) in [5.41, 5.74) is 6.19. The van der Waals surface area contributed by atoms with Gasteiger partial charge in [-0.3, -0.25) is 0 Å². The molecule has 0 heterocycles. The second kappa shape index (κ2) is 5.71. The van der Waals surface area contributed by atoms with Crippen molar-refractivity contribution in [3.63, 3.8) is 0 Å². The number of nitrogen functional groups attached to an aromatic ring is 1. The van der Waals surface area contributed by atoms with Crippen LogP contribution in [0.25, 0.3) is 0 Å². The molecule has 0 spiro atoms. The van der Waals surface area contributed by atoms with Crippen LogP contribution in [0.15, 0.2) is 45.8 Å². The summed E-state index contributed by atoms with van der Waals surface area (Å²) in [6.45, 7) is 0. The molecule has 0 fully saturated rings. The summed E-state index contributed by atoms with van der Waals surface area (Å²) < 4.78 is 38.1. The lowest BCUT2D eigenvalue weighted by atomic mass is 10.2. The van der Waals surface area contributed by atoms with Gasteiger partial charge in [0.25, 0.3) is 0 Å². The fourth-order valence-electron chi connectivity index (χ4n) is 1.65. The SMILES string of the molecule is Nc1ccc(S(=O)(=O)Cc2cccc(F)c2Br)cc1Cl. The predicted molar refractivity (Wildman–Crippen MR) is 80.9 cm³/mol. The monoisotopic (exact) mass is 377 g/mol. The minimum Gasteiger partial charge on any atom is -0.398 e. The second-order valence-electron chi connectivity index (χ2n) is 4.16. The first-order valence-corrected chi connectivity index (χ1v) is 8.34. The van der Waals surface area contributed by atoms with E-state index in [4.69, 9.17) is 17.3 Å². The van der Waals surface area contributed by atoms with Gasteiger partial charge >= 0.3 is 0 Å². The maximum Gasteiger partial charge on any atom is 0.182 e. The number of anilines is 1. The molecule has 0 unspecified atom stereocenters. The summed E-state index contributed by atoms with van der Waals surface area (Å²) in [6.07, 6.45) is 0. The molecule has 7 heteroatoms. The molecule has 0 radical (unpaired) electrons. The Hall–Kier alpha value is -1.11. The molecular weight excluding hydrogens is 369 g/mol. The maximum absolute atomic E-state index is 13.4. The summed E-state index contributed by atoms with van der Waals surface area (Å²) in [7, 11) is -3.63. The third-order valence-corrected chi connectivity index (χ3v) is 5.59. The molecule has 2 aromatic rings. The van der Waals surface area contributed by atoms with E-state index in [1.54, 1.807) is 6.07 Å². The summed E-state index contributed by atoms with van der Waals surface area (Å²) in [6, 6.07) is 8.35. The van der Waals surface area contributed by atoms with Crippen molar-refractivity contribution in [1.82, 2.24) is 0 Å². The Morgan fingerprint density at radius 3 is 2.60 bits per heavy atom. The number of rotatable bonds is 3. The van der Waals surface area contributed by atoms with Crippen molar-refractivity contribution in [3.05, 3.63) is 57.3 Å². The highest BCUT2D eigenvalue weighted by molar-refractivity contribution is 9.10. The molecule has 2 N–H and O–H groups in total. The average Bonchev–Trinajstić information content (AvgIpc) is 2.38. The molecule has 0 saturated carbocycles. The standard InChI is InChI=1S/C13H10BrClFNO2S/c14-13-8(2-1-3-11(13)16)7-20(18,19)9-4-5-12(17)10(15)6-9/h1-6H,7,17H2. The fourth-order valence-corrected chi connectivity index (χ4v) is 3.87. The molecule has 0 bridgehead atoms. The Morgan fingerprint density at radius 1 is 1.25 bits per heavy atom. The van der Waals surface area contributed by atoms with Crippen molar-refractivity contribution >= 4 is 43.1 Å². The summed E-state index contributed by atoms with van der Waals surface area (Å²) in [5, 5.41) is 0.171. The lowest BCUT2D eigenvalue weighted by Crippen LogP contribution is -2.06. The van der Waals surface area contributed by atoms with Crippen LogP contribution < -0.4 is 5.73 Å². The summed E-state index contributed by atoms with van der Waals surface area (Å²) in [5.74, 6) is -0.834. The third kappa shape index (κ3) is 3.13. The van der Waals surface area contributed by atoms with E-state index in [-0.39, 0.29) is 20.1 Å². The zero-order valence-corrected chi connectivity index (χ0v) is 13.3. The molecule has 3 nitrogen and oxygen atoms in total. The van der Waals surface area contributed by atoms with Crippen LogP contribution in [-0.4, -0.2) is 8.42 Å². The Labute approximate surface area is 129 Å². The zero-order valence-electron chi connectivity index (χ0n) is 10.1. The number of sulfone groups is 1. The lowest BCUT2D eigenvalue weighted by Gasteiger charge is -2.08. The van der Waals surface area contributed by atoms with Gasteiger partial charge in [-0.25, -0.2) is 12.8 Å². The topological polar surface area (TPSA) is 60.2 Å². The predicted octanol–water partition coefficient (Wildman–Crippen LogP) is 3.80. The highest BCUT2D eigenvalue weighted by atomic mass is 79.9. The van der Waals surface area contributed by atoms with Crippen molar-refractivity contribution in [2.75, 3.05) is 5.73 Å². The lowest BCUT2D eigenvalue weighted by molar-refractivity contribution is 0.594. The van der Waals surface area contributed by atoms with Crippen LogP contribution in [0.2, 0.25) is 5.02 Å².